The molecule has 0 saturated carbocycles. The summed E-state index contributed by atoms with van der Waals surface area (Å²) in [7, 11) is 1.44. The van der Waals surface area contributed by atoms with Crippen LogP contribution in [-0.2, 0) is 28.5 Å². The van der Waals surface area contributed by atoms with E-state index in [0.29, 0.717) is 0 Å². The molecule has 7 heteroatoms. The summed E-state index contributed by atoms with van der Waals surface area (Å²) in [6.07, 6.45) is -3.89. The molecular formula is C10H16O7. The van der Waals surface area contributed by atoms with Gasteiger partial charge in [0.15, 0.2) is 18.5 Å². The van der Waals surface area contributed by atoms with Gasteiger partial charge in [-0.15, -0.1) is 0 Å². The monoisotopic (exact) mass is 248 g/mol. The number of hydrogen-bond donors (Lipinski definition) is 1. The Balaban J connectivity index is 2.76. The second-order valence-electron chi connectivity index (χ2n) is 3.67. The summed E-state index contributed by atoms with van der Waals surface area (Å²) < 4.78 is 19.8. The number of ether oxygens (including phenoxy) is 4. The fourth-order valence-corrected chi connectivity index (χ4v) is 1.66. The van der Waals surface area contributed by atoms with Crippen molar-refractivity contribution in [3.05, 3.63) is 0 Å². The van der Waals surface area contributed by atoms with Crippen LogP contribution in [-0.4, -0.2) is 55.4 Å². The van der Waals surface area contributed by atoms with Crippen LogP contribution in [0.1, 0.15) is 13.8 Å². The molecule has 0 aromatic carbocycles. The van der Waals surface area contributed by atoms with Crippen molar-refractivity contribution in [2.75, 3.05) is 13.7 Å². The van der Waals surface area contributed by atoms with E-state index < -0.39 is 36.5 Å². The lowest BCUT2D eigenvalue weighted by molar-refractivity contribution is -0.174. The van der Waals surface area contributed by atoms with Crippen LogP contribution >= 0.6 is 0 Å². The zero-order chi connectivity index (χ0) is 13.0. The summed E-state index contributed by atoms with van der Waals surface area (Å²) in [4.78, 5) is 21.8. The van der Waals surface area contributed by atoms with Crippen molar-refractivity contribution in [2.24, 2.45) is 0 Å². The van der Waals surface area contributed by atoms with Crippen LogP contribution in [0, 0.1) is 0 Å². The third kappa shape index (κ3) is 3.65. The molecule has 0 radical (unpaired) electrons. The minimum absolute atomic E-state index is 0.118. The number of esters is 2. The van der Waals surface area contributed by atoms with Crippen molar-refractivity contribution in [3.63, 3.8) is 0 Å². The minimum atomic E-state index is -1.33. The number of carbonyl (C=O) groups is 2. The summed E-state index contributed by atoms with van der Waals surface area (Å²) in [6.45, 7) is 2.54. The third-order valence-electron chi connectivity index (χ3n) is 2.22. The van der Waals surface area contributed by atoms with E-state index in [0.717, 1.165) is 0 Å². The van der Waals surface area contributed by atoms with Crippen molar-refractivity contribution in [1.82, 2.24) is 0 Å². The highest BCUT2D eigenvalue weighted by molar-refractivity contribution is 5.67. The second kappa shape index (κ2) is 5.95. The van der Waals surface area contributed by atoms with Crippen molar-refractivity contribution < 1.29 is 33.6 Å². The Morgan fingerprint density at radius 3 is 2.18 bits per heavy atom. The Kier molecular flexibility index (Phi) is 4.86. The summed E-state index contributed by atoms with van der Waals surface area (Å²) >= 11 is 0. The first-order chi connectivity index (χ1) is 7.95. The lowest BCUT2D eigenvalue weighted by Gasteiger charge is -2.21. The van der Waals surface area contributed by atoms with Crippen LogP contribution in [0.2, 0.25) is 0 Å². The van der Waals surface area contributed by atoms with Crippen molar-refractivity contribution in [1.29, 1.82) is 0 Å². The molecule has 17 heavy (non-hydrogen) atoms. The van der Waals surface area contributed by atoms with Gasteiger partial charge in [-0.25, -0.2) is 0 Å². The molecular weight excluding hydrogens is 232 g/mol. The smallest absolute Gasteiger partial charge is 0.303 e. The van der Waals surface area contributed by atoms with Crippen molar-refractivity contribution >= 4 is 11.9 Å². The van der Waals surface area contributed by atoms with Crippen molar-refractivity contribution in [2.45, 2.75) is 38.4 Å². The third-order valence-corrected chi connectivity index (χ3v) is 2.22. The Morgan fingerprint density at radius 2 is 1.71 bits per heavy atom. The van der Waals surface area contributed by atoms with E-state index in [1.807, 2.05) is 0 Å². The molecule has 0 amide bonds. The van der Waals surface area contributed by atoms with Gasteiger partial charge >= 0.3 is 11.9 Å². The molecule has 0 aliphatic carbocycles. The molecule has 4 atom stereocenters. The first kappa shape index (κ1) is 13.9. The van der Waals surface area contributed by atoms with Gasteiger partial charge in [0, 0.05) is 21.0 Å². The molecule has 98 valence electrons. The van der Waals surface area contributed by atoms with E-state index in [2.05, 4.69) is 0 Å². The molecule has 0 bridgehead atoms. The standard InChI is InChI=1S/C10H16O7/c1-5(11)15-8-7(4-14-3)17-10(13)9(8)16-6(2)12/h7-10,13H,4H2,1-3H3/t7-,8-,9+,10+/m1/s1. The van der Waals surface area contributed by atoms with Crippen LogP contribution in [0.4, 0.5) is 0 Å². The van der Waals surface area contributed by atoms with Crippen LogP contribution in [0.25, 0.3) is 0 Å². The average molecular weight is 248 g/mol. The normalized spacial score (nSPS) is 32.2. The van der Waals surface area contributed by atoms with E-state index in [-0.39, 0.29) is 6.61 Å². The largest absolute Gasteiger partial charge is 0.455 e. The Labute approximate surface area is 98.6 Å². The molecule has 1 N–H and O–H groups in total. The second-order valence-corrected chi connectivity index (χ2v) is 3.67. The molecule has 7 nitrogen and oxygen atoms in total. The number of aliphatic hydroxyl groups is 1. The number of methoxy groups -OCH3 is 1. The molecule has 0 spiro atoms. The van der Waals surface area contributed by atoms with Gasteiger partial charge in [0.1, 0.15) is 6.10 Å². The Bertz CT molecular complexity index is 290. The van der Waals surface area contributed by atoms with Crippen molar-refractivity contribution in [3.8, 4) is 0 Å². The van der Waals surface area contributed by atoms with Gasteiger partial charge in [-0.1, -0.05) is 0 Å². The number of aliphatic hydroxyl groups excluding tert-OH is 1. The van der Waals surface area contributed by atoms with Crippen LogP contribution in [0.15, 0.2) is 0 Å². The maximum absolute atomic E-state index is 10.9. The Morgan fingerprint density at radius 1 is 1.18 bits per heavy atom. The fraction of sp³-hybridized carbons (Fsp3) is 0.800. The summed E-state index contributed by atoms with van der Waals surface area (Å²) in [5.74, 6) is -1.14. The summed E-state index contributed by atoms with van der Waals surface area (Å²) in [6, 6.07) is 0. The minimum Gasteiger partial charge on any atom is -0.455 e. The van der Waals surface area contributed by atoms with Gasteiger partial charge in [-0.2, -0.15) is 0 Å². The van der Waals surface area contributed by atoms with E-state index in [1.165, 1.54) is 21.0 Å². The first-order valence-electron chi connectivity index (χ1n) is 5.12. The topological polar surface area (TPSA) is 91.3 Å². The predicted molar refractivity (Wildman–Crippen MR) is 53.9 cm³/mol. The van der Waals surface area contributed by atoms with Crippen LogP contribution < -0.4 is 0 Å². The highest BCUT2D eigenvalue weighted by atomic mass is 16.7. The van der Waals surface area contributed by atoms with E-state index >= 15 is 0 Å². The lowest BCUT2D eigenvalue weighted by atomic mass is 10.1. The quantitative estimate of drug-likeness (QED) is 0.652. The van der Waals surface area contributed by atoms with E-state index in [1.54, 1.807) is 0 Å². The van der Waals surface area contributed by atoms with Gasteiger partial charge in [-0.05, 0) is 0 Å². The zero-order valence-corrected chi connectivity index (χ0v) is 9.91. The number of hydrogen-bond acceptors (Lipinski definition) is 7. The zero-order valence-electron chi connectivity index (χ0n) is 9.91. The van der Waals surface area contributed by atoms with Crippen LogP contribution in [0.5, 0.6) is 0 Å². The molecule has 0 aromatic rings. The predicted octanol–water partition coefficient (Wildman–Crippen LogP) is -0.787. The Hall–Kier alpha value is -1.18. The summed E-state index contributed by atoms with van der Waals surface area (Å²) in [5, 5.41) is 9.57. The fourth-order valence-electron chi connectivity index (χ4n) is 1.66. The summed E-state index contributed by atoms with van der Waals surface area (Å²) in [5.41, 5.74) is 0. The molecule has 1 aliphatic heterocycles. The van der Waals surface area contributed by atoms with E-state index in [4.69, 9.17) is 18.9 Å². The highest BCUT2D eigenvalue weighted by Crippen LogP contribution is 2.25. The lowest BCUT2D eigenvalue weighted by Crippen LogP contribution is -2.40. The first-order valence-corrected chi connectivity index (χ1v) is 5.12. The van der Waals surface area contributed by atoms with E-state index in [9.17, 15) is 14.7 Å². The molecule has 1 rings (SSSR count). The van der Waals surface area contributed by atoms with Gasteiger partial charge in [0.2, 0.25) is 0 Å². The van der Waals surface area contributed by atoms with Crippen LogP contribution in [0.3, 0.4) is 0 Å². The molecule has 1 aliphatic rings. The number of rotatable bonds is 4. The SMILES string of the molecule is COC[C@H]1O[C@H](O)[C@@H](OC(C)=O)[C@@H]1OC(C)=O. The molecule has 0 aromatic heterocycles. The maximum atomic E-state index is 10.9. The number of carbonyl (C=O) groups excluding carboxylic acids is 2. The van der Waals surface area contributed by atoms with Gasteiger partial charge in [0.25, 0.3) is 0 Å². The van der Waals surface area contributed by atoms with Gasteiger partial charge in [-0.3, -0.25) is 9.59 Å². The van der Waals surface area contributed by atoms with Gasteiger partial charge in [0.05, 0.1) is 6.61 Å². The molecule has 1 saturated heterocycles. The van der Waals surface area contributed by atoms with Gasteiger partial charge < -0.3 is 24.1 Å². The molecule has 1 fully saturated rings. The average Bonchev–Trinajstić information content (AvgIpc) is 2.45. The molecule has 1 heterocycles. The highest BCUT2D eigenvalue weighted by Gasteiger charge is 2.48. The molecule has 0 unspecified atom stereocenters. The maximum Gasteiger partial charge on any atom is 0.303 e.